The van der Waals surface area contributed by atoms with Crippen molar-refractivity contribution in [3.05, 3.63) is 65.2 Å². The molecule has 0 atom stereocenters. The molecule has 0 saturated heterocycles. The fraction of sp³-hybridized carbons (Fsp3) is 0.158. The Hall–Kier alpha value is -3.06. The van der Waals surface area contributed by atoms with Gasteiger partial charge >= 0.3 is 0 Å². The number of aryl methyl sites for hydroxylation is 1. The Morgan fingerprint density at radius 1 is 1.22 bits per heavy atom. The van der Waals surface area contributed by atoms with E-state index in [9.17, 15) is 4.79 Å². The summed E-state index contributed by atoms with van der Waals surface area (Å²) in [6.45, 7) is 1.90. The summed E-state index contributed by atoms with van der Waals surface area (Å²) in [5.41, 5.74) is 2.27. The Labute approximate surface area is 135 Å². The van der Waals surface area contributed by atoms with Crippen molar-refractivity contribution in [2.75, 3.05) is 13.7 Å². The average Bonchev–Trinajstić information content (AvgIpc) is 2.58. The lowest BCUT2D eigenvalue weighted by atomic mass is 10.1. The summed E-state index contributed by atoms with van der Waals surface area (Å²) >= 11 is 0. The lowest BCUT2D eigenvalue weighted by molar-refractivity contribution is 0.104. The molecule has 0 aliphatic rings. The molecular weight excluding hydrogens is 290 g/mol. The molecule has 0 aromatic heterocycles. The lowest BCUT2D eigenvalue weighted by Gasteiger charge is -2.07. The van der Waals surface area contributed by atoms with E-state index in [0.29, 0.717) is 17.1 Å². The second-order valence-corrected chi connectivity index (χ2v) is 4.89. The van der Waals surface area contributed by atoms with Gasteiger partial charge < -0.3 is 9.47 Å². The second kappa shape index (κ2) is 7.81. The van der Waals surface area contributed by atoms with Gasteiger partial charge in [-0.3, -0.25) is 4.79 Å². The van der Waals surface area contributed by atoms with Gasteiger partial charge in [0, 0.05) is 5.56 Å². The molecule has 2 aromatic carbocycles. The van der Waals surface area contributed by atoms with Gasteiger partial charge in [-0.1, -0.05) is 24.3 Å². The number of benzene rings is 2. The maximum atomic E-state index is 12.4. The van der Waals surface area contributed by atoms with Crippen molar-refractivity contribution >= 4 is 11.9 Å². The predicted molar refractivity (Wildman–Crippen MR) is 88.6 cm³/mol. The van der Waals surface area contributed by atoms with Gasteiger partial charge in [-0.05, 0) is 42.8 Å². The lowest BCUT2D eigenvalue weighted by Crippen LogP contribution is -1.99. The van der Waals surface area contributed by atoms with Crippen LogP contribution in [0.3, 0.4) is 0 Å². The molecule has 0 unspecified atom stereocenters. The summed E-state index contributed by atoms with van der Waals surface area (Å²) in [6.07, 6.45) is 3.15. The minimum Gasteiger partial charge on any atom is -0.496 e. The molecule has 0 aliphatic carbocycles. The van der Waals surface area contributed by atoms with E-state index in [-0.39, 0.29) is 12.4 Å². The third kappa shape index (κ3) is 4.21. The molecule has 4 nitrogen and oxygen atoms in total. The fourth-order valence-corrected chi connectivity index (χ4v) is 2.12. The third-order valence-electron chi connectivity index (χ3n) is 3.25. The first-order valence-electron chi connectivity index (χ1n) is 7.11. The smallest absolute Gasteiger partial charge is 0.189 e. The first-order valence-corrected chi connectivity index (χ1v) is 7.11. The Balaban J connectivity index is 2.24. The molecular formula is C19H17NO3. The largest absolute Gasteiger partial charge is 0.496 e. The number of carbonyl (C=O) groups is 1. The van der Waals surface area contributed by atoms with Crippen molar-refractivity contribution < 1.29 is 14.3 Å². The van der Waals surface area contributed by atoms with Crippen molar-refractivity contribution in [3.63, 3.8) is 0 Å². The van der Waals surface area contributed by atoms with E-state index in [2.05, 4.69) is 0 Å². The number of methoxy groups -OCH3 is 1. The van der Waals surface area contributed by atoms with Crippen LogP contribution in [0.4, 0.5) is 0 Å². The highest BCUT2D eigenvalue weighted by Crippen LogP contribution is 2.23. The van der Waals surface area contributed by atoms with E-state index in [0.717, 1.165) is 11.1 Å². The van der Waals surface area contributed by atoms with Gasteiger partial charge in [0.25, 0.3) is 0 Å². The molecule has 2 rings (SSSR count). The Morgan fingerprint density at radius 2 is 2.00 bits per heavy atom. The highest BCUT2D eigenvalue weighted by atomic mass is 16.5. The quantitative estimate of drug-likeness (QED) is 0.601. The van der Waals surface area contributed by atoms with Gasteiger partial charge in [0.1, 0.15) is 17.6 Å². The fourth-order valence-electron chi connectivity index (χ4n) is 2.12. The standard InChI is InChI=1S/C19H17NO3/c1-14-7-9-16(19(13-14)22-2)17(21)10-8-15-5-3-4-6-18(15)23-12-11-20/h3-10,13H,12H2,1-2H3/b10-8+. The molecule has 0 heterocycles. The van der Waals surface area contributed by atoms with Gasteiger partial charge in [-0.25, -0.2) is 0 Å². The zero-order valence-electron chi connectivity index (χ0n) is 13.1. The first-order chi connectivity index (χ1) is 11.2. The van der Waals surface area contributed by atoms with E-state index < -0.39 is 0 Å². The van der Waals surface area contributed by atoms with Crippen LogP contribution in [-0.4, -0.2) is 19.5 Å². The molecule has 2 aromatic rings. The number of hydrogen-bond donors (Lipinski definition) is 0. The summed E-state index contributed by atoms with van der Waals surface area (Å²) in [7, 11) is 1.54. The molecule has 0 amide bonds. The average molecular weight is 307 g/mol. The molecule has 0 bridgehead atoms. The summed E-state index contributed by atoms with van der Waals surface area (Å²) in [4.78, 5) is 12.4. The van der Waals surface area contributed by atoms with E-state index in [1.807, 2.05) is 43.3 Å². The van der Waals surface area contributed by atoms with Gasteiger partial charge in [0.15, 0.2) is 12.4 Å². The molecule has 0 aliphatic heterocycles. The van der Waals surface area contributed by atoms with Gasteiger partial charge in [0.05, 0.1) is 12.7 Å². The number of para-hydroxylation sites is 1. The molecule has 116 valence electrons. The topological polar surface area (TPSA) is 59.3 Å². The molecule has 0 spiro atoms. The summed E-state index contributed by atoms with van der Waals surface area (Å²) in [5, 5.41) is 8.60. The Kier molecular flexibility index (Phi) is 5.54. The third-order valence-corrected chi connectivity index (χ3v) is 3.25. The van der Waals surface area contributed by atoms with Crippen LogP contribution in [0.2, 0.25) is 0 Å². The van der Waals surface area contributed by atoms with Crippen LogP contribution in [0.15, 0.2) is 48.5 Å². The number of rotatable bonds is 6. The summed E-state index contributed by atoms with van der Waals surface area (Å²) < 4.78 is 10.6. The summed E-state index contributed by atoms with van der Waals surface area (Å²) in [5.74, 6) is 0.958. The maximum absolute atomic E-state index is 12.4. The number of allylic oxidation sites excluding steroid dienone is 1. The predicted octanol–water partition coefficient (Wildman–Crippen LogP) is 3.80. The number of hydrogen-bond acceptors (Lipinski definition) is 4. The molecule has 23 heavy (non-hydrogen) atoms. The van der Waals surface area contributed by atoms with Crippen molar-refractivity contribution in [1.82, 2.24) is 0 Å². The number of nitriles is 1. The van der Waals surface area contributed by atoms with E-state index in [1.165, 1.54) is 6.08 Å². The van der Waals surface area contributed by atoms with Gasteiger partial charge in [-0.2, -0.15) is 5.26 Å². The second-order valence-electron chi connectivity index (χ2n) is 4.89. The van der Waals surface area contributed by atoms with E-state index in [1.54, 1.807) is 25.3 Å². The normalized spacial score (nSPS) is 10.3. The SMILES string of the molecule is COc1cc(C)ccc1C(=O)/C=C/c1ccccc1OCC#N. The number of carbonyl (C=O) groups excluding carboxylic acids is 1. The van der Waals surface area contributed by atoms with E-state index in [4.69, 9.17) is 14.7 Å². The van der Waals surface area contributed by atoms with Crippen LogP contribution in [-0.2, 0) is 0 Å². The summed E-state index contributed by atoms with van der Waals surface area (Å²) in [6, 6.07) is 14.6. The molecule has 0 saturated carbocycles. The van der Waals surface area contributed by atoms with Crippen LogP contribution in [0.1, 0.15) is 21.5 Å². The van der Waals surface area contributed by atoms with Crippen molar-refractivity contribution in [2.24, 2.45) is 0 Å². The van der Waals surface area contributed by atoms with Crippen molar-refractivity contribution in [3.8, 4) is 17.6 Å². The van der Waals surface area contributed by atoms with Crippen LogP contribution in [0.25, 0.3) is 6.08 Å². The maximum Gasteiger partial charge on any atom is 0.189 e. The minimum absolute atomic E-state index is 0.0371. The Morgan fingerprint density at radius 3 is 2.74 bits per heavy atom. The van der Waals surface area contributed by atoms with Crippen LogP contribution in [0.5, 0.6) is 11.5 Å². The molecule has 4 heteroatoms. The van der Waals surface area contributed by atoms with Gasteiger partial charge in [-0.15, -0.1) is 0 Å². The van der Waals surface area contributed by atoms with Crippen LogP contribution >= 0.6 is 0 Å². The molecule has 0 radical (unpaired) electrons. The molecule has 0 fully saturated rings. The zero-order valence-corrected chi connectivity index (χ0v) is 13.1. The van der Waals surface area contributed by atoms with Gasteiger partial charge in [0.2, 0.25) is 0 Å². The minimum atomic E-state index is -0.156. The number of ketones is 1. The zero-order chi connectivity index (χ0) is 16.7. The van der Waals surface area contributed by atoms with Crippen molar-refractivity contribution in [1.29, 1.82) is 5.26 Å². The highest BCUT2D eigenvalue weighted by Gasteiger charge is 2.10. The van der Waals surface area contributed by atoms with Crippen LogP contribution < -0.4 is 9.47 Å². The van der Waals surface area contributed by atoms with E-state index >= 15 is 0 Å². The Bertz CT molecular complexity index is 772. The number of ether oxygens (including phenoxy) is 2. The van der Waals surface area contributed by atoms with Crippen molar-refractivity contribution in [2.45, 2.75) is 6.92 Å². The monoisotopic (exact) mass is 307 g/mol. The first kappa shape index (κ1) is 16.3. The van der Waals surface area contributed by atoms with Crippen LogP contribution in [0, 0.1) is 18.3 Å². The number of nitrogens with zero attached hydrogens (tertiary/aromatic N) is 1. The highest BCUT2D eigenvalue weighted by molar-refractivity contribution is 6.08. The molecule has 0 N–H and O–H groups in total.